The maximum absolute atomic E-state index is 11.6. The molecule has 0 atom stereocenters. The summed E-state index contributed by atoms with van der Waals surface area (Å²) in [7, 11) is 1.36. The number of rotatable bonds is 5. The molecule has 0 fully saturated rings. The maximum atomic E-state index is 11.6. The first-order valence-electron chi connectivity index (χ1n) is 8.66. The number of hydrogen-bond donors (Lipinski definition) is 0. The van der Waals surface area contributed by atoms with E-state index in [2.05, 4.69) is 23.6 Å². The standard InChI is InChI=1S/C21H16N2O2S3/c1-25-18(24)12-28-21-16(11-22)19(17-5-3-9-27-17)15-7-6-13(20(15)23-21)10-14-4-2-8-26-14/h2-5,8-10H,6-7,12H2,1H3. The Morgan fingerprint density at radius 3 is 2.82 bits per heavy atom. The van der Waals surface area contributed by atoms with E-state index in [0.717, 1.165) is 34.5 Å². The summed E-state index contributed by atoms with van der Waals surface area (Å²) in [5.74, 6) is -0.201. The van der Waals surface area contributed by atoms with Gasteiger partial charge in [0.2, 0.25) is 0 Å². The van der Waals surface area contributed by atoms with E-state index >= 15 is 0 Å². The molecule has 1 aliphatic rings. The number of ether oxygens (including phenoxy) is 1. The first kappa shape index (κ1) is 18.9. The summed E-state index contributed by atoms with van der Waals surface area (Å²) in [6.45, 7) is 0. The summed E-state index contributed by atoms with van der Waals surface area (Å²) in [6.07, 6.45) is 3.94. The number of thiophene rings is 2. The van der Waals surface area contributed by atoms with Gasteiger partial charge in [0.15, 0.2) is 0 Å². The molecule has 7 heteroatoms. The zero-order valence-corrected chi connectivity index (χ0v) is 17.5. The Kier molecular flexibility index (Phi) is 5.62. The van der Waals surface area contributed by atoms with E-state index in [9.17, 15) is 10.1 Å². The van der Waals surface area contributed by atoms with Gasteiger partial charge in [-0.25, -0.2) is 4.98 Å². The molecule has 0 saturated carbocycles. The van der Waals surface area contributed by atoms with Gasteiger partial charge in [-0.15, -0.1) is 22.7 Å². The van der Waals surface area contributed by atoms with Crippen molar-refractivity contribution in [3.63, 3.8) is 0 Å². The van der Waals surface area contributed by atoms with Crippen molar-refractivity contribution >= 4 is 52.1 Å². The van der Waals surface area contributed by atoms with Gasteiger partial charge in [-0.2, -0.15) is 5.26 Å². The molecule has 3 heterocycles. The third-order valence-electron chi connectivity index (χ3n) is 4.51. The minimum Gasteiger partial charge on any atom is -0.468 e. The van der Waals surface area contributed by atoms with Crippen LogP contribution in [0.5, 0.6) is 0 Å². The van der Waals surface area contributed by atoms with Crippen molar-refractivity contribution in [1.29, 1.82) is 5.26 Å². The van der Waals surface area contributed by atoms with E-state index in [1.807, 2.05) is 23.6 Å². The fraction of sp³-hybridized carbons (Fsp3) is 0.190. The molecule has 0 saturated heterocycles. The minimum atomic E-state index is -0.330. The van der Waals surface area contributed by atoms with Gasteiger partial charge in [0.1, 0.15) is 11.1 Å². The number of nitrogens with zero attached hydrogens (tertiary/aromatic N) is 2. The Labute approximate surface area is 175 Å². The largest absolute Gasteiger partial charge is 0.468 e. The third kappa shape index (κ3) is 3.63. The number of carbonyl (C=O) groups is 1. The number of carbonyl (C=O) groups excluding carboxylic acids is 1. The number of thioether (sulfide) groups is 1. The second-order valence-corrected chi connectivity index (χ2v) is 9.02. The molecule has 0 N–H and O–H groups in total. The quantitative estimate of drug-likeness (QED) is 0.400. The third-order valence-corrected chi connectivity index (χ3v) is 7.16. The highest BCUT2D eigenvalue weighted by atomic mass is 32.2. The van der Waals surface area contributed by atoms with Crippen LogP contribution in [0.2, 0.25) is 0 Å². The normalized spacial score (nSPS) is 14.1. The summed E-state index contributed by atoms with van der Waals surface area (Å²) >= 11 is 4.58. The fourth-order valence-electron chi connectivity index (χ4n) is 3.26. The molecular formula is C21H16N2O2S3. The number of pyridine rings is 1. The predicted octanol–water partition coefficient (Wildman–Crippen LogP) is 5.50. The molecule has 0 bridgehead atoms. The van der Waals surface area contributed by atoms with Crippen LogP contribution in [0.4, 0.5) is 0 Å². The summed E-state index contributed by atoms with van der Waals surface area (Å²) in [6, 6.07) is 10.5. The van der Waals surface area contributed by atoms with Crippen molar-refractivity contribution in [2.24, 2.45) is 0 Å². The number of methoxy groups -OCH3 is 1. The Hall–Kier alpha value is -2.40. The van der Waals surface area contributed by atoms with Gasteiger partial charge in [0, 0.05) is 15.3 Å². The van der Waals surface area contributed by atoms with Crippen molar-refractivity contribution in [2.45, 2.75) is 17.9 Å². The van der Waals surface area contributed by atoms with Gasteiger partial charge < -0.3 is 4.74 Å². The van der Waals surface area contributed by atoms with Crippen LogP contribution < -0.4 is 0 Å². The van der Waals surface area contributed by atoms with Gasteiger partial charge in [-0.3, -0.25) is 4.79 Å². The van der Waals surface area contributed by atoms with Crippen LogP contribution in [-0.2, 0) is 16.0 Å². The smallest absolute Gasteiger partial charge is 0.316 e. The molecule has 0 radical (unpaired) electrons. The van der Waals surface area contributed by atoms with Crippen molar-refractivity contribution in [2.75, 3.05) is 12.9 Å². The lowest BCUT2D eigenvalue weighted by Gasteiger charge is -2.13. The van der Waals surface area contributed by atoms with E-state index in [0.29, 0.717) is 10.6 Å². The lowest BCUT2D eigenvalue weighted by atomic mass is 10.0. The minimum absolute atomic E-state index is 0.130. The summed E-state index contributed by atoms with van der Waals surface area (Å²) in [5, 5.41) is 14.6. The van der Waals surface area contributed by atoms with Gasteiger partial charge in [0.25, 0.3) is 0 Å². The Balaban J connectivity index is 1.87. The van der Waals surface area contributed by atoms with Gasteiger partial charge in [-0.1, -0.05) is 23.9 Å². The number of esters is 1. The Morgan fingerprint density at radius 2 is 2.14 bits per heavy atom. The predicted molar refractivity (Wildman–Crippen MR) is 116 cm³/mol. The average Bonchev–Trinajstić information content (AvgIpc) is 3.48. The zero-order valence-electron chi connectivity index (χ0n) is 15.1. The van der Waals surface area contributed by atoms with Crippen LogP contribution in [0.25, 0.3) is 22.1 Å². The molecule has 1 aliphatic carbocycles. The number of aromatic nitrogens is 1. The van der Waals surface area contributed by atoms with E-state index in [-0.39, 0.29) is 11.7 Å². The second kappa shape index (κ2) is 8.31. The van der Waals surface area contributed by atoms with Crippen molar-refractivity contribution in [1.82, 2.24) is 4.98 Å². The topological polar surface area (TPSA) is 63.0 Å². The Morgan fingerprint density at radius 1 is 1.32 bits per heavy atom. The summed E-state index contributed by atoms with van der Waals surface area (Å²) < 4.78 is 4.75. The highest BCUT2D eigenvalue weighted by Gasteiger charge is 2.28. The molecule has 3 aromatic rings. The molecular weight excluding hydrogens is 408 g/mol. The molecule has 4 nitrogen and oxygen atoms in total. The average molecular weight is 425 g/mol. The highest BCUT2D eigenvalue weighted by molar-refractivity contribution is 7.99. The number of hydrogen-bond acceptors (Lipinski definition) is 7. The highest BCUT2D eigenvalue weighted by Crippen LogP contribution is 2.44. The van der Waals surface area contributed by atoms with Gasteiger partial charge in [-0.05, 0) is 52.9 Å². The molecule has 0 spiro atoms. The molecule has 3 aromatic heterocycles. The first-order valence-corrected chi connectivity index (χ1v) is 11.4. The molecule has 0 aliphatic heterocycles. The Bertz CT molecular complexity index is 1080. The van der Waals surface area contributed by atoms with Crippen molar-refractivity contribution in [3.05, 3.63) is 56.7 Å². The molecule has 0 amide bonds. The number of allylic oxidation sites excluding steroid dienone is 1. The SMILES string of the molecule is COC(=O)CSc1nc2c(c(-c3cccs3)c1C#N)CCC2=Cc1cccs1. The molecule has 0 aromatic carbocycles. The lowest BCUT2D eigenvalue weighted by Crippen LogP contribution is -2.05. The lowest BCUT2D eigenvalue weighted by molar-refractivity contribution is -0.137. The van der Waals surface area contributed by atoms with E-state index in [1.165, 1.54) is 29.3 Å². The first-order chi connectivity index (χ1) is 13.7. The molecule has 4 rings (SSSR count). The van der Waals surface area contributed by atoms with E-state index in [4.69, 9.17) is 9.72 Å². The monoisotopic (exact) mass is 424 g/mol. The maximum Gasteiger partial charge on any atom is 0.316 e. The van der Waals surface area contributed by atoms with E-state index < -0.39 is 0 Å². The van der Waals surface area contributed by atoms with Crippen molar-refractivity contribution in [3.8, 4) is 16.5 Å². The van der Waals surface area contributed by atoms with Crippen LogP contribution in [0.15, 0.2) is 40.1 Å². The zero-order chi connectivity index (χ0) is 19.5. The van der Waals surface area contributed by atoms with E-state index in [1.54, 1.807) is 22.7 Å². The molecule has 28 heavy (non-hydrogen) atoms. The van der Waals surface area contributed by atoms with Crippen LogP contribution in [0.3, 0.4) is 0 Å². The van der Waals surface area contributed by atoms with Crippen LogP contribution in [0.1, 0.15) is 28.1 Å². The molecule has 140 valence electrons. The van der Waals surface area contributed by atoms with Gasteiger partial charge >= 0.3 is 5.97 Å². The summed E-state index contributed by atoms with van der Waals surface area (Å²) in [4.78, 5) is 18.7. The fourth-order valence-corrected chi connectivity index (χ4v) is 5.57. The number of nitriles is 1. The van der Waals surface area contributed by atoms with Crippen LogP contribution >= 0.6 is 34.4 Å². The van der Waals surface area contributed by atoms with Crippen molar-refractivity contribution < 1.29 is 9.53 Å². The van der Waals surface area contributed by atoms with Crippen LogP contribution in [-0.4, -0.2) is 23.8 Å². The summed E-state index contributed by atoms with van der Waals surface area (Å²) in [5.41, 5.74) is 4.77. The van der Waals surface area contributed by atoms with Gasteiger partial charge in [0.05, 0.1) is 24.1 Å². The number of fused-ring (bicyclic) bond motifs is 1. The second-order valence-electron chi connectivity index (χ2n) is 6.13. The van der Waals surface area contributed by atoms with Crippen LogP contribution in [0, 0.1) is 11.3 Å². The molecule has 0 unspecified atom stereocenters.